The fourth-order valence-electron chi connectivity index (χ4n) is 2.12. The molecule has 1 aliphatic heterocycles. The molecule has 18 heavy (non-hydrogen) atoms. The van der Waals surface area contributed by atoms with Crippen LogP contribution in [0.5, 0.6) is 0 Å². The first-order valence-corrected chi connectivity index (χ1v) is 7.47. The summed E-state index contributed by atoms with van der Waals surface area (Å²) in [7, 11) is -3.12. The Morgan fingerprint density at radius 2 is 2.33 bits per heavy atom. The minimum atomic E-state index is -3.12. The Bertz CT molecular complexity index is 508. The molecule has 1 aromatic rings. The number of sulfone groups is 1. The monoisotopic (exact) mass is 273 g/mol. The molecule has 1 fully saturated rings. The van der Waals surface area contributed by atoms with Gasteiger partial charge in [0.05, 0.1) is 30.7 Å². The van der Waals surface area contributed by atoms with E-state index in [1.807, 2.05) is 4.90 Å². The van der Waals surface area contributed by atoms with Gasteiger partial charge >= 0.3 is 5.97 Å². The highest BCUT2D eigenvalue weighted by atomic mass is 32.2. The number of nitrogens with zero attached hydrogens (tertiary/aromatic N) is 1. The number of hydrogen-bond donors (Lipinski definition) is 1. The molecule has 2 rings (SSSR count). The largest absolute Gasteiger partial charge is 0.481 e. The maximum absolute atomic E-state index is 11.5. The van der Waals surface area contributed by atoms with Crippen LogP contribution in [0.4, 0.5) is 0 Å². The predicted octanol–water partition coefficient (Wildman–Crippen LogP) is 0.353. The normalized spacial score (nSPS) is 23.9. The van der Waals surface area contributed by atoms with E-state index >= 15 is 0 Å². The number of carboxylic acids is 1. The molecule has 0 amide bonds. The summed E-state index contributed by atoms with van der Waals surface area (Å²) < 4.78 is 28.3. The third-order valence-electron chi connectivity index (χ3n) is 3.00. The van der Waals surface area contributed by atoms with Crippen molar-refractivity contribution < 1.29 is 22.7 Å². The molecule has 0 radical (unpaired) electrons. The van der Waals surface area contributed by atoms with Crippen LogP contribution < -0.4 is 0 Å². The molecule has 0 aromatic carbocycles. The number of carboxylic acid groups (broad SMARTS) is 1. The van der Waals surface area contributed by atoms with Crippen LogP contribution in [0, 0.1) is 0 Å². The lowest BCUT2D eigenvalue weighted by molar-refractivity contribution is -0.138. The van der Waals surface area contributed by atoms with Crippen LogP contribution in [0.15, 0.2) is 22.8 Å². The van der Waals surface area contributed by atoms with E-state index in [4.69, 9.17) is 9.52 Å². The minimum Gasteiger partial charge on any atom is -0.481 e. The third-order valence-corrected chi connectivity index (χ3v) is 4.70. The van der Waals surface area contributed by atoms with Gasteiger partial charge in [0, 0.05) is 12.6 Å². The van der Waals surface area contributed by atoms with Gasteiger partial charge in [0.2, 0.25) is 0 Å². The van der Waals surface area contributed by atoms with Gasteiger partial charge in [-0.05, 0) is 12.1 Å². The molecule has 6 nitrogen and oxygen atoms in total. The van der Waals surface area contributed by atoms with Gasteiger partial charge in [-0.15, -0.1) is 0 Å². The van der Waals surface area contributed by atoms with E-state index in [9.17, 15) is 13.2 Å². The van der Waals surface area contributed by atoms with Gasteiger partial charge in [-0.25, -0.2) is 8.42 Å². The molecule has 0 spiro atoms. The van der Waals surface area contributed by atoms with Gasteiger partial charge in [-0.3, -0.25) is 9.69 Å². The van der Waals surface area contributed by atoms with Crippen molar-refractivity contribution >= 4 is 15.8 Å². The molecule has 100 valence electrons. The zero-order valence-corrected chi connectivity index (χ0v) is 10.6. The summed E-state index contributed by atoms with van der Waals surface area (Å²) in [6, 6.07) is 3.06. The molecule has 7 heteroatoms. The second-order valence-electron chi connectivity index (χ2n) is 4.42. The lowest BCUT2D eigenvalue weighted by Gasteiger charge is -2.33. The zero-order valence-electron chi connectivity index (χ0n) is 9.78. The van der Waals surface area contributed by atoms with Crippen LogP contribution in [0.1, 0.15) is 12.2 Å². The van der Waals surface area contributed by atoms with Crippen molar-refractivity contribution in [3.05, 3.63) is 24.2 Å². The molecular formula is C11H15NO5S. The number of carbonyl (C=O) groups is 1. The quantitative estimate of drug-likeness (QED) is 0.852. The van der Waals surface area contributed by atoms with Gasteiger partial charge in [-0.2, -0.15) is 0 Å². The number of aliphatic carboxylic acids is 1. The van der Waals surface area contributed by atoms with Crippen LogP contribution in [0.2, 0.25) is 0 Å². The highest BCUT2D eigenvalue weighted by Crippen LogP contribution is 2.18. The van der Waals surface area contributed by atoms with E-state index in [-0.39, 0.29) is 17.9 Å². The summed E-state index contributed by atoms with van der Waals surface area (Å²) >= 11 is 0. The summed E-state index contributed by atoms with van der Waals surface area (Å²) in [5.41, 5.74) is 0. The summed E-state index contributed by atoms with van der Waals surface area (Å²) in [6.07, 6.45) is 1.38. The first-order valence-electron chi connectivity index (χ1n) is 5.65. The van der Waals surface area contributed by atoms with Crippen LogP contribution in [0.3, 0.4) is 0 Å². The fraction of sp³-hybridized carbons (Fsp3) is 0.545. The molecule has 0 saturated carbocycles. The minimum absolute atomic E-state index is 0.0732. The summed E-state index contributed by atoms with van der Waals surface area (Å²) in [5, 5.41) is 8.83. The lowest BCUT2D eigenvalue weighted by Crippen LogP contribution is -2.48. The highest BCUT2D eigenvalue weighted by Gasteiger charge is 2.32. The van der Waals surface area contributed by atoms with Gasteiger partial charge in [0.25, 0.3) is 0 Å². The SMILES string of the molecule is O=C(O)CC1CS(=O)(=O)CCN1Cc1ccco1. The topological polar surface area (TPSA) is 87.8 Å². The number of furan rings is 1. The smallest absolute Gasteiger partial charge is 0.304 e. The first-order chi connectivity index (χ1) is 8.46. The van der Waals surface area contributed by atoms with Crippen LogP contribution in [-0.4, -0.2) is 48.5 Å². The second kappa shape index (κ2) is 5.11. The molecule has 0 bridgehead atoms. The predicted molar refractivity (Wildman–Crippen MR) is 63.8 cm³/mol. The zero-order chi connectivity index (χ0) is 13.2. The van der Waals surface area contributed by atoms with Crippen LogP contribution in [-0.2, 0) is 21.2 Å². The molecule has 1 unspecified atom stereocenters. The average Bonchev–Trinajstić information content (AvgIpc) is 2.73. The fourth-order valence-corrected chi connectivity index (χ4v) is 3.72. The van der Waals surface area contributed by atoms with E-state index in [1.54, 1.807) is 18.4 Å². The number of hydrogen-bond acceptors (Lipinski definition) is 5. The molecule has 0 aliphatic carbocycles. The summed E-state index contributed by atoms with van der Waals surface area (Å²) in [5.74, 6) is -0.296. The third kappa shape index (κ3) is 3.33. The number of rotatable bonds is 4. The van der Waals surface area contributed by atoms with Gasteiger partial charge in [0.15, 0.2) is 9.84 Å². The van der Waals surface area contributed by atoms with Gasteiger partial charge in [-0.1, -0.05) is 0 Å². The standard InChI is InChI=1S/C11H15NO5S/c13-11(14)6-9-8-18(15,16)5-3-12(9)7-10-2-1-4-17-10/h1-2,4,9H,3,5-8H2,(H,13,14). The summed E-state index contributed by atoms with van der Waals surface area (Å²) in [6.45, 7) is 0.793. The van der Waals surface area contributed by atoms with Crippen molar-refractivity contribution in [3.63, 3.8) is 0 Å². The van der Waals surface area contributed by atoms with E-state index < -0.39 is 21.8 Å². The van der Waals surface area contributed by atoms with E-state index in [2.05, 4.69) is 0 Å². The van der Waals surface area contributed by atoms with E-state index in [1.165, 1.54) is 0 Å². The molecule has 1 aromatic heterocycles. The Morgan fingerprint density at radius 1 is 1.56 bits per heavy atom. The van der Waals surface area contributed by atoms with Crippen LogP contribution in [0.25, 0.3) is 0 Å². The van der Waals surface area contributed by atoms with Crippen molar-refractivity contribution in [3.8, 4) is 0 Å². The molecular weight excluding hydrogens is 258 g/mol. The highest BCUT2D eigenvalue weighted by molar-refractivity contribution is 7.91. The molecule has 1 aliphatic rings. The van der Waals surface area contributed by atoms with Crippen LogP contribution >= 0.6 is 0 Å². The molecule has 2 heterocycles. The molecule has 1 saturated heterocycles. The van der Waals surface area contributed by atoms with E-state index in [0.29, 0.717) is 18.8 Å². The maximum Gasteiger partial charge on any atom is 0.304 e. The van der Waals surface area contributed by atoms with Crippen molar-refractivity contribution in [2.24, 2.45) is 0 Å². The summed E-state index contributed by atoms with van der Waals surface area (Å²) in [4.78, 5) is 12.6. The van der Waals surface area contributed by atoms with E-state index in [0.717, 1.165) is 0 Å². The van der Waals surface area contributed by atoms with Gasteiger partial charge in [0.1, 0.15) is 5.76 Å². The first kappa shape index (κ1) is 13.1. The molecule has 1 atom stereocenters. The average molecular weight is 273 g/mol. The Labute approximate surface area is 105 Å². The van der Waals surface area contributed by atoms with Crippen molar-refractivity contribution in [2.75, 3.05) is 18.1 Å². The Morgan fingerprint density at radius 3 is 2.94 bits per heavy atom. The Kier molecular flexibility index (Phi) is 3.72. The van der Waals surface area contributed by atoms with Crippen molar-refractivity contribution in [2.45, 2.75) is 19.0 Å². The van der Waals surface area contributed by atoms with Crippen molar-refractivity contribution in [1.29, 1.82) is 0 Å². The van der Waals surface area contributed by atoms with Gasteiger partial charge < -0.3 is 9.52 Å². The van der Waals surface area contributed by atoms with Crippen molar-refractivity contribution in [1.82, 2.24) is 4.90 Å². The lowest BCUT2D eigenvalue weighted by atomic mass is 10.2. The molecule has 1 N–H and O–H groups in total. The second-order valence-corrected chi connectivity index (χ2v) is 6.64. The Balaban J connectivity index is 2.09. The Hall–Kier alpha value is -1.34. The maximum atomic E-state index is 11.5.